The number of phenolic OH excluding ortho intramolecular Hbond substituents is 1. The molecule has 0 unspecified atom stereocenters. The lowest BCUT2D eigenvalue weighted by molar-refractivity contribution is 0.100. The van der Waals surface area contributed by atoms with E-state index < -0.39 is 5.91 Å². The Balaban J connectivity index is 2.86. The van der Waals surface area contributed by atoms with Crippen LogP contribution in [-0.4, -0.2) is 11.0 Å². The van der Waals surface area contributed by atoms with Gasteiger partial charge in [0.05, 0.1) is 11.3 Å². The number of aromatic hydroxyl groups is 1. The highest BCUT2D eigenvalue weighted by Gasteiger charge is 2.18. The maximum atomic E-state index is 11.8. The Bertz CT molecular complexity index is 867. The quantitative estimate of drug-likeness (QED) is 0.511. The van der Waals surface area contributed by atoms with Crippen molar-refractivity contribution in [3.05, 3.63) is 65.4 Å². The number of hydrogen-bond donors (Lipinski definition) is 4. The van der Waals surface area contributed by atoms with E-state index in [1.54, 1.807) is 31.2 Å². The van der Waals surface area contributed by atoms with Crippen LogP contribution in [0.5, 0.6) is 5.75 Å². The number of carbonyl (C=O) groups is 1. The van der Waals surface area contributed by atoms with Gasteiger partial charge >= 0.3 is 0 Å². The summed E-state index contributed by atoms with van der Waals surface area (Å²) in [5, 5.41) is 10.0. The van der Waals surface area contributed by atoms with Crippen molar-refractivity contribution in [1.29, 1.82) is 0 Å². The minimum absolute atomic E-state index is 0.154. The third-order valence-corrected chi connectivity index (χ3v) is 4.03. The summed E-state index contributed by atoms with van der Waals surface area (Å²) in [7, 11) is 0. The van der Waals surface area contributed by atoms with Gasteiger partial charge < -0.3 is 22.3 Å². The highest BCUT2D eigenvalue weighted by atomic mass is 16.3. The van der Waals surface area contributed by atoms with Crippen molar-refractivity contribution in [1.82, 2.24) is 0 Å². The molecular formula is C19H21N3O2. The summed E-state index contributed by atoms with van der Waals surface area (Å²) in [5.41, 5.74) is 21.8. The third-order valence-electron chi connectivity index (χ3n) is 4.03. The molecule has 0 atom stereocenters. The van der Waals surface area contributed by atoms with Gasteiger partial charge in [-0.15, -0.1) is 0 Å². The van der Waals surface area contributed by atoms with Gasteiger partial charge in [0.15, 0.2) is 0 Å². The van der Waals surface area contributed by atoms with Crippen molar-refractivity contribution in [3.8, 4) is 16.9 Å². The van der Waals surface area contributed by atoms with Crippen molar-refractivity contribution in [2.45, 2.75) is 13.8 Å². The second-order valence-corrected chi connectivity index (χ2v) is 5.64. The monoisotopic (exact) mass is 323 g/mol. The van der Waals surface area contributed by atoms with Crippen LogP contribution in [0.4, 0.5) is 5.69 Å². The number of hydrogen-bond acceptors (Lipinski definition) is 4. The minimum Gasteiger partial charge on any atom is -0.508 e. The molecule has 24 heavy (non-hydrogen) atoms. The van der Waals surface area contributed by atoms with Gasteiger partial charge in [-0.2, -0.15) is 0 Å². The molecule has 0 bridgehead atoms. The van der Waals surface area contributed by atoms with Gasteiger partial charge in [0.2, 0.25) is 0 Å². The zero-order valence-corrected chi connectivity index (χ0v) is 13.8. The average Bonchev–Trinajstić information content (AvgIpc) is 2.52. The molecule has 0 fully saturated rings. The fourth-order valence-electron chi connectivity index (χ4n) is 2.71. The largest absolute Gasteiger partial charge is 0.508 e. The van der Waals surface area contributed by atoms with Crippen LogP contribution in [0.25, 0.3) is 16.7 Å². The number of nitrogens with two attached hydrogens (primary N) is 3. The molecule has 2 aromatic rings. The Morgan fingerprint density at radius 2 is 1.92 bits per heavy atom. The maximum absolute atomic E-state index is 11.8. The first-order chi connectivity index (χ1) is 11.3. The van der Waals surface area contributed by atoms with E-state index in [-0.39, 0.29) is 17.0 Å². The van der Waals surface area contributed by atoms with Gasteiger partial charge in [0, 0.05) is 5.56 Å². The van der Waals surface area contributed by atoms with E-state index in [0.717, 1.165) is 11.1 Å². The van der Waals surface area contributed by atoms with Crippen LogP contribution < -0.4 is 17.2 Å². The molecule has 5 heteroatoms. The highest BCUT2D eigenvalue weighted by Crippen LogP contribution is 2.38. The fraction of sp³-hybridized carbons (Fsp3) is 0.105. The SMILES string of the molecule is C=C(/C=C\N)c1cc(C(N)=O)c(N)c(-c2c(C)ccc(O)c2C)c1. The smallest absolute Gasteiger partial charge is 0.250 e. The van der Waals surface area contributed by atoms with Gasteiger partial charge in [-0.3, -0.25) is 4.79 Å². The molecule has 5 nitrogen and oxygen atoms in total. The number of amides is 1. The molecule has 0 aliphatic carbocycles. The second-order valence-electron chi connectivity index (χ2n) is 5.64. The molecule has 0 aliphatic heterocycles. The number of aryl methyl sites for hydroxylation is 1. The van der Waals surface area contributed by atoms with Crippen LogP contribution in [0.15, 0.2) is 43.1 Å². The molecule has 7 N–H and O–H groups in total. The number of carbonyl (C=O) groups excluding carboxylic acids is 1. The molecule has 0 aliphatic rings. The minimum atomic E-state index is -0.629. The molecule has 0 heterocycles. The number of allylic oxidation sites excluding steroid dienone is 2. The zero-order chi connectivity index (χ0) is 18.0. The molecule has 0 saturated heterocycles. The number of nitrogen functional groups attached to an aromatic ring is 1. The van der Waals surface area contributed by atoms with E-state index >= 15 is 0 Å². The Hall–Kier alpha value is -3.21. The summed E-state index contributed by atoms with van der Waals surface area (Å²) < 4.78 is 0. The predicted molar refractivity (Wildman–Crippen MR) is 98.3 cm³/mol. The number of primary amides is 1. The van der Waals surface area contributed by atoms with E-state index in [1.165, 1.54) is 6.20 Å². The summed E-state index contributed by atoms with van der Waals surface area (Å²) in [6.45, 7) is 7.64. The first-order valence-electron chi connectivity index (χ1n) is 7.38. The Morgan fingerprint density at radius 3 is 2.50 bits per heavy atom. The lowest BCUT2D eigenvalue weighted by atomic mass is 9.89. The standard InChI is InChI=1S/C19H21N3O2/c1-10(6-7-20)13-8-14(18(21)15(9-13)19(22)24)17-11(2)4-5-16(23)12(17)3/h4-9,23H,1,20-21H2,2-3H3,(H2,22,24)/b7-6-. The Kier molecular flexibility index (Phi) is 4.64. The third kappa shape index (κ3) is 2.96. The van der Waals surface area contributed by atoms with E-state index in [0.29, 0.717) is 22.3 Å². The second kappa shape index (κ2) is 6.50. The number of phenols is 1. The molecule has 2 aromatic carbocycles. The summed E-state index contributed by atoms with van der Waals surface area (Å²) in [5.74, 6) is -0.475. The number of benzene rings is 2. The molecule has 0 aromatic heterocycles. The summed E-state index contributed by atoms with van der Waals surface area (Å²) in [4.78, 5) is 11.8. The van der Waals surface area contributed by atoms with Crippen molar-refractivity contribution in [2.75, 3.05) is 5.73 Å². The summed E-state index contributed by atoms with van der Waals surface area (Å²) in [6.07, 6.45) is 3.00. The molecule has 124 valence electrons. The van der Waals surface area contributed by atoms with E-state index in [9.17, 15) is 9.90 Å². The van der Waals surface area contributed by atoms with Crippen molar-refractivity contribution < 1.29 is 9.90 Å². The van der Waals surface area contributed by atoms with Crippen LogP contribution in [0.2, 0.25) is 0 Å². The van der Waals surface area contributed by atoms with Crippen LogP contribution >= 0.6 is 0 Å². The molecular weight excluding hydrogens is 302 g/mol. The van der Waals surface area contributed by atoms with Crippen LogP contribution in [-0.2, 0) is 0 Å². The zero-order valence-electron chi connectivity index (χ0n) is 13.8. The van der Waals surface area contributed by atoms with Gasteiger partial charge in [0.1, 0.15) is 5.75 Å². The molecule has 1 amide bonds. The lowest BCUT2D eigenvalue weighted by Gasteiger charge is -2.17. The molecule has 2 rings (SSSR count). The van der Waals surface area contributed by atoms with E-state index in [4.69, 9.17) is 17.2 Å². The Labute approximate surface area is 141 Å². The molecule has 0 radical (unpaired) electrons. The first kappa shape index (κ1) is 17.1. The van der Waals surface area contributed by atoms with Crippen LogP contribution in [0, 0.1) is 13.8 Å². The number of anilines is 1. The Morgan fingerprint density at radius 1 is 1.25 bits per heavy atom. The normalized spacial score (nSPS) is 10.9. The van der Waals surface area contributed by atoms with Gasteiger partial charge in [0.25, 0.3) is 5.91 Å². The summed E-state index contributed by atoms with van der Waals surface area (Å²) >= 11 is 0. The predicted octanol–water partition coefficient (Wildman–Crippen LogP) is 2.84. The van der Waals surface area contributed by atoms with Crippen LogP contribution in [0.3, 0.4) is 0 Å². The van der Waals surface area contributed by atoms with Crippen molar-refractivity contribution in [3.63, 3.8) is 0 Å². The molecule has 0 spiro atoms. The number of rotatable bonds is 4. The van der Waals surface area contributed by atoms with Gasteiger partial charge in [-0.05, 0) is 72.1 Å². The summed E-state index contributed by atoms with van der Waals surface area (Å²) in [6, 6.07) is 6.83. The van der Waals surface area contributed by atoms with E-state index in [2.05, 4.69) is 6.58 Å². The maximum Gasteiger partial charge on any atom is 0.250 e. The fourth-order valence-corrected chi connectivity index (χ4v) is 2.71. The first-order valence-corrected chi connectivity index (χ1v) is 7.38. The molecule has 0 saturated carbocycles. The lowest BCUT2D eigenvalue weighted by Crippen LogP contribution is -2.15. The van der Waals surface area contributed by atoms with Crippen molar-refractivity contribution in [2.24, 2.45) is 11.5 Å². The van der Waals surface area contributed by atoms with E-state index in [1.807, 2.05) is 13.0 Å². The van der Waals surface area contributed by atoms with Gasteiger partial charge in [-0.25, -0.2) is 0 Å². The highest BCUT2D eigenvalue weighted by molar-refractivity contribution is 6.03. The average molecular weight is 323 g/mol. The van der Waals surface area contributed by atoms with Gasteiger partial charge in [-0.1, -0.05) is 12.6 Å². The topological polar surface area (TPSA) is 115 Å². The van der Waals surface area contributed by atoms with Crippen LogP contribution in [0.1, 0.15) is 27.0 Å². The van der Waals surface area contributed by atoms with Crippen molar-refractivity contribution >= 4 is 17.2 Å².